The van der Waals surface area contributed by atoms with Crippen LogP contribution in [0.1, 0.15) is 59.1 Å². The Kier molecular flexibility index (Phi) is 6.36. The Morgan fingerprint density at radius 3 is 2.11 bits per heavy atom. The van der Waals surface area contributed by atoms with E-state index in [1.807, 2.05) is 19.1 Å². The lowest BCUT2D eigenvalue weighted by molar-refractivity contribution is 0.199. The van der Waals surface area contributed by atoms with Crippen molar-refractivity contribution in [2.75, 3.05) is 11.4 Å². The molecule has 0 bridgehead atoms. The molecule has 0 fully saturated rings. The van der Waals surface area contributed by atoms with E-state index >= 15 is 0 Å². The third kappa shape index (κ3) is 4.24. The largest absolute Gasteiger partial charge is 0.389 e. The first-order valence-corrected chi connectivity index (χ1v) is 7.54. The van der Waals surface area contributed by atoms with Gasteiger partial charge in [0.2, 0.25) is 0 Å². The summed E-state index contributed by atoms with van der Waals surface area (Å²) in [5, 5.41) is 9.99. The van der Waals surface area contributed by atoms with Gasteiger partial charge in [-0.05, 0) is 31.7 Å². The average Bonchev–Trinajstić information content (AvgIpc) is 2.38. The van der Waals surface area contributed by atoms with Crippen molar-refractivity contribution in [2.24, 2.45) is 5.92 Å². The molecule has 2 heteroatoms. The summed E-state index contributed by atoms with van der Waals surface area (Å²) in [6.07, 6.45) is 1.86. The first kappa shape index (κ1) is 16.0. The number of anilines is 1. The third-order valence-electron chi connectivity index (χ3n) is 3.64. The van der Waals surface area contributed by atoms with Crippen LogP contribution in [0.15, 0.2) is 24.3 Å². The van der Waals surface area contributed by atoms with Crippen molar-refractivity contribution in [3.8, 4) is 0 Å². The fraction of sp³-hybridized carbons (Fsp3) is 0.647. The molecule has 0 saturated heterocycles. The maximum absolute atomic E-state index is 9.99. The second-order valence-corrected chi connectivity index (χ2v) is 5.75. The maximum atomic E-state index is 9.99. The molecule has 2 nitrogen and oxygen atoms in total. The lowest BCUT2D eigenvalue weighted by Crippen LogP contribution is -2.38. The van der Waals surface area contributed by atoms with Gasteiger partial charge in [0.05, 0.1) is 6.10 Å². The molecular weight excluding hydrogens is 234 g/mol. The van der Waals surface area contributed by atoms with Crippen LogP contribution in [-0.4, -0.2) is 17.7 Å². The molecule has 1 atom stereocenters. The third-order valence-corrected chi connectivity index (χ3v) is 3.64. The zero-order valence-corrected chi connectivity index (χ0v) is 13.1. The molecule has 1 aromatic carbocycles. The van der Waals surface area contributed by atoms with E-state index < -0.39 is 6.10 Å². The van der Waals surface area contributed by atoms with Gasteiger partial charge in [0.15, 0.2) is 0 Å². The SMILES string of the molecule is CCC(CC)N(CC(C)C)c1ccccc1[C@@H](C)O. The Morgan fingerprint density at radius 2 is 1.63 bits per heavy atom. The van der Waals surface area contributed by atoms with Gasteiger partial charge in [-0.15, -0.1) is 0 Å². The van der Waals surface area contributed by atoms with Gasteiger partial charge in [0.25, 0.3) is 0 Å². The van der Waals surface area contributed by atoms with Crippen LogP contribution in [0.4, 0.5) is 5.69 Å². The Labute approximate surface area is 118 Å². The number of aliphatic hydroxyl groups is 1. The Hall–Kier alpha value is -1.02. The second-order valence-electron chi connectivity index (χ2n) is 5.75. The van der Waals surface area contributed by atoms with Crippen molar-refractivity contribution in [1.29, 1.82) is 0 Å². The number of benzene rings is 1. The number of hydrogen-bond donors (Lipinski definition) is 1. The van der Waals surface area contributed by atoms with Gasteiger partial charge in [-0.3, -0.25) is 0 Å². The van der Waals surface area contributed by atoms with E-state index in [0.29, 0.717) is 12.0 Å². The van der Waals surface area contributed by atoms with Crippen LogP contribution >= 0.6 is 0 Å². The summed E-state index contributed by atoms with van der Waals surface area (Å²) >= 11 is 0. The Bertz CT molecular complexity index is 369. The summed E-state index contributed by atoms with van der Waals surface area (Å²) in [6, 6.07) is 8.80. The highest BCUT2D eigenvalue weighted by molar-refractivity contribution is 5.55. The molecule has 0 spiro atoms. The molecule has 0 aromatic heterocycles. The summed E-state index contributed by atoms with van der Waals surface area (Å²) < 4.78 is 0. The molecule has 0 unspecified atom stereocenters. The van der Waals surface area contributed by atoms with Crippen LogP contribution in [0.3, 0.4) is 0 Å². The van der Waals surface area contributed by atoms with Crippen molar-refractivity contribution < 1.29 is 5.11 Å². The minimum Gasteiger partial charge on any atom is -0.389 e. The highest BCUT2D eigenvalue weighted by Crippen LogP contribution is 2.29. The van der Waals surface area contributed by atoms with Crippen LogP contribution in [0.5, 0.6) is 0 Å². The summed E-state index contributed by atoms with van der Waals surface area (Å²) in [5.74, 6) is 0.614. The number of aliphatic hydroxyl groups excluding tert-OH is 1. The minimum absolute atomic E-state index is 0.416. The zero-order chi connectivity index (χ0) is 14.4. The lowest BCUT2D eigenvalue weighted by Gasteiger charge is -2.36. The molecule has 0 aliphatic rings. The molecule has 0 aliphatic carbocycles. The van der Waals surface area contributed by atoms with Crippen molar-refractivity contribution in [3.05, 3.63) is 29.8 Å². The molecule has 0 radical (unpaired) electrons. The standard InChI is InChI=1S/C17H29NO/c1-6-15(7-2)18(12-13(3)4)17-11-9-8-10-16(17)14(5)19/h8-11,13-15,19H,6-7,12H2,1-5H3/t14-/m1/s1. The van der Waals surface area contributed by atoms with Gasteiger partial charge in [-0.25, -0.2) is 0 Å². The van der Waals surface area contributed by atoms with E-state index in [2.05, 4.69) is 44.7 Å². The Balaban J connectivity index is 3.16. The van der Waals surface area contributed by atoms with Crippen molar-refractivity contribution in [2.45, 2.75) is 59.6 Å². The highest BCUT2D eigenvalue weighted by atomic mass is 16.3. The van der Waals surface area contributed by atoms with Crippen molar-refractivity contribution in [3.63, 3.8) is 0 Å². The first-order valence-electron chi connectivity index (χ1n) is 7.54. The van der Waals surface area contributed by atoms with E-state index in [1.165, 1.54) is 5.69 Å². The summed E-state index contributed by atoms with van der Waals surface area (Å²) in [4.78, 5) is 2.48. The monoisotopic (exact) mass is 263 g/mol. The van der Waals surface area contributed by atoms with Gasteiger partial charge >= 0.3 is 0 Å². The highest BCUT2D eigenvalue weighted by Gasteiger charge is 2.20. The van der Waals surface area contributed by atoms with Crippen molar-refractivity contribution in [1.82, 2.24) is 0 Å². The quantitative estimate of drug-likeness (QED) is 0.788. The zero-order valence-electron chi connectivity index (χ0n) is 13.1. The number of para-hydroxylation sites is 1. The molecule has 1 aromatic rings. The predicted molar refractivity (Wildman–Crippen MR) is 83.6 cm³/mol. The van der Waals surface area contributed by atoms with Crippen LogP contribution in [-0.2, 0) is 0 Å². The topological polar surface area (TPSA) is 23.5 Å². The van der Waals surface area contributed by atoms with Crippen LogP contribution in [0.25, 0.3) is 0 Å². The number of nitrogens with zero attached hydrogens (tertiary/aromatic N) is 1. The van der Waals surface area contributed by atoms with Crippen LogP contribution < -0.4 is 4.90 Å². The second kappa shape index (κ2) is 7.54. The molecule has 1 N–H and O–H groups in total. The molecule has 0 heterocycles. The molecule has 0 amide bonds. The first-order chi connectivity index (χ1) is 9.01. The maximum Gasteiger partial charge on any atom is 0.0781 e. The van der Waals surface area contributed by atoms with Gasteiger partial charge in [-0.2, -0.15) is 0 Å². The lowest BCUT2D eigenvalue weighted by atomic mass is 10.0. The van der Waals surface area contributed by atoms with E-state index in [0.717, 1.165) is 24.9 Å². The van der Waals surface area contributed by atoms with Crippen LogP contribution in [0, 0.1) is 5.92 Å². The van der Waals surface area contributed by atoms with E-state index in [9.17, 15) is 5.11 Å². The molecular formula is C17H29NO. The molecule has 0 aliphatic heterocycles. The van der Waals surface area contributed by atoms with E-state index in [4.69, 9.17) is 0 Å². The molecule has 19 heavy (non-hydrogen) atoms. The normalized spacial score (nSPS) is 13.1. The van der Waals surface area contributed by atoms with E-state index in [-0.39, 0.29) is 0 Å². The van der Waals surface area contributed by atoms with Gasteiger partial charge < -0.3 is 10.0 Å². The molecule has 108 valence electrons. The smallest absolute Gasteiger partial charge is 0.0781 e. The average molecular weight is 263 g/mol. The fourth-order valence-electron chi connectivity index (χ4n) is 2.67. The van der Waals surface area contributed by atoms with Gasteiger partial charge in [-0.1, -0.05) is 45.9 Å². The summed E-state index contributed by atoms with van der Waals surface area (Å²) in [7, 11) is 0. The number of hydrogen-bond acceptors (Lipinski definition) is 2. The molecule has 1 rings (SSSR count). The number of rotatable bonds is 7. The van der Waals surface area contributed by atoms with Gasteiger partial charge in [0.1, 0.15) is 0 Å². The molecule has 0 saturated carbocycles. The summed E-state index contributed by atoms with van der Waals surface area (Å²) in [5.41, 5.74) is 2.23. The van der Waals surface area contributed by atoms with Gasteiger partial charge in [0, 0.05) is 23.8 Å². The van der Waals surface area contributed by atoms with E-state index in [1.54, 1.807) is 0 Å². The fourth-order valence-corrected chi connectivity index (χ4v) is 2.67. The summed E-state index contributed by atoms with van der Waals surface area (Å²) in [6.45, 7) is 11.9. The van der Waals surface area contributed by atoms with Crippen molar-refractivity contribution >= 4 is 5.69 Å². The minimum atomic E-state index is -0.416. The predicted octanol–water partition coefficient (Wildman–Crippen LogP) is 4.39. The van der Waals surface area contributed by atoms with Crippen LogP contribution in [0.2, 0.25) is 0 Å². The Morgan fingerprint density at radius 1 is 1.05 bits per heavy atom.